The minimum absolute atomic E-state index is 0.0344. The van der Waals surface area contributed by atoms with Crippen molar-refractivity contribution in [2.45, 2.75) is 0 Å². The highest BCUT2D eigenvalue weighted by atomic mass is 32.2. The van der Waals surface area contributed by atoms with Crippen molar-refractivity contribution in [2.75, 3.05) is 12.0 Å². The van der Waals surface area contributed by atoms with Crippen molar-refractivity contribution < 1.29 is 9.00 Å². The van der Waals surface area contributed by atoms with E-state index in [2.05, 4.69) is 4.98 Å². The summed E-state index contributed by atoms with van der Waals surface area (Å²) in [5.74, 6) is -0.0852. The van der Waals surface area contributed by atoms with Crippen molar-refractivity contribution in [2.24, 2.45) is 0 Å². The number of rotatable bonds is 4. The van der Waals surface area contributed by atoms with E-state index < -0.39 is 10.8 Å². The van der Waals surface area contributed by atoms with Crippen LogP contribution in [0, 0.1) is 0 Å². The summed E-state index contributed by atoms with van der Waals surface area (Å²) in [5.41, 5.74) is 3.33. The van der Waals surface area contributed by atoms with Crippen molar-refractivity contribution in [3.63, 3.8) is 0 Å². The molecule has 3 rings (SSSR count). The Kier molecular flexibility index (Phi) is 3.71. The standard InChI is InChI=1S/C17H15NO2S/c1-21(20)11-15(19)17-16(12-7-3-2-4-8-12)13-9-5-6-10-14(13)18-17/h2-10,18H,11H2,1H3. The second-order valence-electron chi connectivity index (χ2n) is 4.93. The summed E-state index contributed by atoms with van der Waals surface area (Å²) in [6, 6.07) is 17.6. The van der Waals surface area contributed by atoms with E-state index in [9.17, 15) is 9.00 Å². The highest BCUT2D eigenvalue weighted by Crippen LogP contribution is 2.32. The quantitative estimate of drug-likeness (QED) is 0.750. The number of ketones is 1. The summed E-state index contributed by atoms with van der Waals surface area (Å²) in [6.45, 7) is 0. The largest absolute Gasteiger partial charge is 0.352 e. The summed E-state index contributed by atoms with van der Waals surface area (Å²) in [4.78, 5) is 15.6. The predicted molar refractivity (Wildman–Crippen MR) is 87.0 cm³/mol. The van der Waals surface area contributed by atoms with Gasteiger partial charge in [0.15, 0.2) is 5.78 Å². The van der Waals surface area contributed by atoms with Gasteiger partial charge in [-0.15, -0.1) is 0 Å². The molecule has 0 saturated heterocycles. The van der Waals surface area contributed by atoms with Gasteiger partial charge in [-0.25, -0.2) is 0 Å². The lowest BCUT2D eigenvalue weighted by Crippen LogP contribution is -2.11. The zero-order valence-electron chi connectivity index (χ0n) is 11.6. The molecule has 0 aliphatic heterocycles. The molecular weight excluding hydrogens is 282 g/mol. The average molecular weight is 297 g/mol. The van der Waals surface area contributed by atoms with Gasteiger partial charge < -0.3 is 4.98 Å². The average Bonchev–Trinajstić information content (AvgIpc) is 2.87. The van der Waals surface area contributed by atoms with Crippen LogP contribution in [0.25, 0.3) is 22.0 Å². The molecule has 2 aromatic carbocycles. The van der Waals surface area contributed by atoms with Crippen LogP contribution in [0.3, 0.4) is 0 Å². The molecule has 1 N–H and O–H groups in total. The molecule has 4 heteroatoms. The molecule has 21 heavy (non-hydrogen) atoms. The van der Waals surface area contributed by atoms with Gasteiger partial charge in [0.2, 0.25) is 0 Å². The van der Waals surface area contributed by atoms with Gasteiger partial charge in [0.05, 0.1) is 11.4 Å². The molecule has 0 aliphatic carbocycles. The van der Waals surface area contributed by atoms with Crippen molar-refractivity contribution >= 4 is 27.5 Å². The molecule has 0 aliphatic rings. The lowest BCUT2D eigenvalue weighted by atomic mass is 10.0. The highest BCUT2D eigenvalue weighted by Gasteiger charge is 2.19. The van der Waals surface area contributed by atoms with Gasteiger partial charge in [0.25, 0.3) is 0 Å². The number of Topliss-reactive ketones (excluding diaryl/α,β-unsaturated/α-hetero) is 1. The maximum Gasteiger partial charge on any atom is 0.192 e. The van der Waals surface area contributed by atoms with E-state index in [1.165, 1.54) is 0 Å². The summed E-state index contributed by atoms with van der Waals surface area (Å²) in [7, 11) is -1.15. The first-order chi connectivity index (χ1) is 10.2. The molecule has 0 spiro atoms. The number of fused-ring (bicyclic) bond motifs is 1. The Labute approximate surface area is 125 Å². The number of aromatic amines is 1. The number of para-hydroxylation sites is 1. The number of hydrogen-bond acceptors (Lipinski definition) is 2. The third kappa shape index (κ3) is 2.67. The normalized spacial score (nSPS) is 12.4. The first-order valence-electron chi connectivity index (χ1n) is 6.66. The van der Waals surface area contributed by atoms with Gasteiger partial charge in [0.1, 0.15) is 0 Å². The number of H-pyrrole nitrogens is 1. The Morgan fingerprint density at radius 1 is 1.05 bits per heavy atom. The van der Waals surface area contributed by atoms with Crippen molar-refractivity contribution in [1.29, 1.82) is 0 Å². The van der Waals surface area contributed by atoms with Crippen molar-refractivity contribution in [3.05, 3.63) is 60.3 Å². The number of benzene rings is 2. The van der Waals surface area contributed by atoms with E-state index >= 15 is 0 Å². The molecule has 1 atom stereocenters. The van der Waals surface area contributed by atoms with E-state index in [1.807, 2.05) is 54.6 Å². The van der Waals surface area contributed by atoms with Gasteiger partial charge >= 0.3 is 0 Å². The maximum atomic E-state index is 12.4. The number of nitrogens with one attached hydrogen (secondary N) is 1. The van der Waals surface area contributed by atoms with Crippen molar-refractivity contribution in [3.8, 4) is 11.1 Å². The van der Waals surface area contributed by atoms with E-state index in [0.29, 0.717) is 5.69 Å². The Bertz CT molecular complexity index is 821. The predicted octanol–water partition coefficient (Wildman–Crippen LogP) is 3.40. The minimum atomic E-state index is -1.15. The lowest BCUT2D eigenvalue weighted by Gasteiger charge is -2.04. The Morgan fingerprint density at radius 2 is 1.71 bits per heavy atom. The summed E-state index contributed by atoms with van der Waals surface area (Å²) >= 11 is 0. The van der Waals surface area contributed by atoms with Crippen molar-refractivity contribution in [1.82, 2.24) is 4.98 Å². The van der Waals surface area contributed by atoms with Gasteiger partial charge in [-0.2, -0.15) is 0 Å². The topological polar surface area (TPSA) is 49.9 Å². The van der Waals surface area contributed by atoms with Crippen LogP contribution in [0.1, 0.15) is 10.5 Å². The monoisotopic (exact) mass is 297 g/mol. The number of carbonyl (C=O) groups is 1. The van der Waals surface area contributed by atoms with Crippen LogP contribution in [0.15, 0.2) is 54.6 Å². The number of aromatic nitrogens is 1. The zero-order chi connectivity index (χ0) is 14.8. The molecule has 106 valence electrons. The van der Waals surface area contributed by atoms with Crippen LogP contribution in [0.2, 0.25) is 0 Å². The fraction of sp³-hybridized carbons (Fsp3) is 0.118. The SMILES string of the molecule is CS(=O)CC(=O)c1[nH]c2ccccc2c1-c1ccccc1. The molecule has 0 saturated carbocycles. The van der Waals surface area contributed by atoms with Crippen LogP contribution >= 0.6 is 0 Å². The fourth-order valence-corrected chi connectivity index (χ4v) is 3.03. The van der Waals surface area contributed by atoms with Gasteiger partial charge in [0, 0.05) is 33.5 Å². The summed E-state index contributed by atoms with van der Waals surface area (Å²) in [5, 5.41) is 1.01. The van der Waals surface area contributed by atoms with Crippen LogP contribution in [0.5, 0.6) is 0 Å². The summed E-state index contributed by atoms with van der Waals surface area (Å²) < 4.78 is 11.4. The smallest absolute Gasteiger partial charge is 0.192 e. The van der Waals surface area contributed by atoms with Gasteiger partial charge in [-0.05, 0) is 11.6 Å². The molecule has 0 bridgehead atoms. The maximum absolute atomic E-state index is 12.4. The molecule has 3 nitrogen and oxygen atoms in total. The molecule has 0 radical (unpaired) electrons. The third-order valence-electron chi connectivity index (χ3n) is 3.38. The molecule has 0 amide bonds. The summed E-state index contributed by atoms with van der Waals surface area (Å²) in [6.07, 6.45) is 1.54. The van der Waals surface area contributed by atoms with Crippen LogP contribution < -0.4 is 0 Å². The number of carbonyl (C=O) groups excluding carboxylic acids is 1. The fourth-order valence-electron chi connectivity index (χ4n) is 2.51. The van der Waals surface area contributed by atoms with Crippen LogP contribution in [0.4, 0.5) is 0 Å². The molecule has 1 unspecified atom stereocenters. The highest BCUT2D eigenvalue weighted by molar-refractivity contribution is 7.85. The van der Waals surface area contributed by atoms with Gasteiger partial charge in [-0.1, -0.05) is 48.5 Å². The molecular formula is C17H15NO2S. The first kappa shape index (κ1) is 13.8. The second kappa shape index (κ2) is 5.66. The number of hydrogen-bond donors (Lipinski definition) is 1. The van der Waals surface area contributed by atoms with E-state index in [4.69, 9.17) is 0 Å². The van der Waals surface area contributed by atoms with Crippen LogP contribution in [-0.2, 0) is 10.8 Å². The third-order valence-corrected chi connectivity index (χ3v) is 4.05. The molecule has 0 fully saturated rings. The molecule has 1 heterocycles. The first-order valence-corrected chi connectivity index (χ1v) is 8.39. The van der Waals surface area contributed by atoms with E-state index in [1.54, 1.807) is 6.26 Å². The van der Waals surface area contributed by atoms with E-state index in [0.717, 1.165) is 22.0 Å². The van der Waals surface area contributed by atoms with Gasteiger partial charge in [-0.3, -0.25) is 9.00 Å². The Morgan fingerprint density at radius 3 is 2.43 bits per heavy atom. The Hall–Kier alpha value is -2.20. The molecule has 1 aromatic heterocycles. The van der Waals surface area contributed by atoms with E-state index in [-0.39, 0.29) is 11.5 Å². The minimum Gasteiger partial charge on any atom is -0.352 e. The van der Waals surface area contributed by atoms with Crippen LogP contribution in [-0.4, -0.2) is 27.0 Å². The Balaban J connectivity index is 2.24. The second-order valence-corrected chi connectivity index (χ2v) is 6.36. The molecule has 3 aromatic rings. The lowest BCUT2D eigenvalue weighted by molar-refractivity contribution is 0.101. The zero-order valence-corrected chi connectivity index (χ0v) is 12.4.